The van der Waals surface area contributed by atoms with Crippen LogP contribution < -0.4 is 19.5 Å². The van der Waals surface area contributed by atoms with E-state index in [0.29, 0.717) is 35.1 Å². The lowest BCUT2D eigenvalue weighted by atomic mass is 10.2. The summed E-state index contributed by atoms with van der Waals surface area (Å²) >= 11 is 0. The van der Waals surface area contributed by atoms with Crippen LogP contribution in [0, 0.1) is 0 Å². The highest BCUT2D eigenvalue weighted by Crippen LogP contribution is 2.23. The summed E-state index contributed by atoms with van der Waals surface area (Å²) in [5.74, 6) is 1.41. The molecule has 0 unspecified atom stereocenters. The SMILES string of the molecule is CCCS(=O)(=O)Nc1cccc(C(=O)NCc2ccc(Oc3cccc(OC)c3)nc2)c1. The molecule has 0 atom stereocenters. The Morgan fingerprint density at radius 3 is 2.53 bits per heavy atom. The molecule has 0 aliphatic rings. The number of anilines is 1. The first kappa shape index (κ1) is 23.1. The molecule has 0 bridgehead atoms. The minimum atomic E-state index is -3.42. The van der Waals surface area contributed by atoms with E-state index in [0.717, 1.165) is 5.56 Å². The van der Waals surface area contributed by atoms with Gasteiger partial charge in [0.25, 0.3) is 5.91 Å². The van der Waals surface area contributed by atoms with Gasteiger partial charge in [0.05, 0.1) is 12.9 Å². The summed E-state index contributed by atoms with van der Waals surface area (Å²) in [6.45, 7) is 2.05. The molecule has 0 saturated carbocycles. The number of rotatable bonds is 10. The van der Waals surface area contributed by atoms with E-state index in [4.69, 9.17) is 9.47 Å². The van der Waals surface area contributed by atoms with Crippen LogP contribution in [-0.2, 0) is 16.6 Å². The van der Waals surface area contributed by atoms with Crippen molar-refractivity contribution < 1.29 is 22.7 Å². The molecule has 0 radical (unpaired) electrons. The number of aromatic nitrogens is 1. The minimum absolute atomic E-state index is 0.0218. The average molecular weight is 456 g/mol. The van der Waals surface area contributed by atoms with Gasteiger partial charge in [0.15, 0.2) is 0 Å². The van der Waals surface area contributed by atoms with E-state index >= 15 is 0 Å². The molecule has 0 saturated heterocycles. The van der Waals surface area contributed by atoms with E-state index in [-0.39, 0.29) is 18.2 Å². The Balaban J connectivity index is 1.57. The molecule has 1 aromatic heterocycles. The van der Waals surface area contributed by atoms with Crippen molar-refractivity contribution in [3.8, 4) is 17.4 Å². The van der Waals surface area contributed by atoms with Crippen LogP contribution in [-0.4, -0.2) is 32.2 Å². The molecule has 8 nitrogen and oxygen atoms in total. The second kappa shape index (κ2) is 10.6. The molecule has 32 heavy (non-hydrogen) atoms. The number of carbonyl (C=O) groups excluding carboxylic acids is 1. The molecule has 0 fully saturated rings. The van der Waals surface area contributed by atoms with Crippen molar-refractivity contribution in [3.05, 3.63) is 78.0 Å². The van der Waals surface area contributed by atoms with Crippen LogP contribution in [0.3, 0.4) is 0 Å². The maximum absolute atomic E-state index is 12.5. The third-order valence-corrected chi connectivity index (χ3v) is 5.88. The third kappa shape index (κ3) is 6.71. The van der Waals surface area contributed by atoms with E-state index in [2.05, 4.69) is 15.0 Å². The summed E-state index contributed by atoms with van der Waals surface area (Å²) in [6.07, 6.45) is 2.12. The highest BCUT2D eigenvalue weighted by atomic mass is 32.2. The van der Waals surface area contributed by atoms with Gasteiger partial charge in [0.1, 0.15) is 11.5 Å². The Morgan fingerprint density at radius 1 is 1.03 bits per heavy atom. The summed E-state index contributed by atoms with van der Waals surface area (Å²) in [5.41, 5.74) is 1.50. The van der Waals surface area contributed by atoms with Crippen molar-refractivity contribution in [2.75, 3.05) is 17.6 Å². The van der Waals surface area contributed by atoms with Gasteiger partial charge in [-0.05, 0) is 42.3 Å². The predicted octanol–water partition coefficient (Wildman–Crippen LogP) is 3.96. The Hall–Kier alpha value is -3.59. The molecule has 3 rings (SSSR count). The van der Waals surface area contributed by atoms with Crippen LogP contribution >= 0.6 is 0 Å². The van der Waals surface area contributed by atoms with Gasteiger partial charge in [-0.3, -0.25) is 9.52 Å². The zero-order chi connectivity index (χ0) is 23.0. The molecule has 168 valence electrons. The normalized spacial score (nSPS) is 10.9. The number of nitrogens with one attached hydrogen (secondary N) is 2. The molecule has 0 aliphatic carbocycles. The quantitative estimate of drug-likeness (QED) is 0.479. The van der Waals surface area contributed by atoms with Crippen LogP contribution in [0.4, 0.5) is 5.69 Å². The number of amides is 1. The van der Waals surface area contributed by atoms with E-state index in [1.165, 1.54) is 6.07 Å². The maximum Gasteiger partial charge on any atom is 0.251 e. The number of ether oxygens (including phenoxy) is 2. The number of benzene rings is 2. The Morgan fingerprint density at radius 2 is 1.81 bits per heavy atom. The summed E-state index contributed by atoms with van der Waals surface area (Å²) in [5, 5.41) is 2.80. The standard InChI is InChI=1S/C23H25N3O5S/c1-3-12-32(28,29)26-19-7-4-6-18(13-19)23(27)25-16-17-10-11-22(24-15-17)31-21-9-5-8-20(14-21)30-2/h4-11,13-15,26H,3,12,16H2,1-2H3,(H,25,27). The lowest BCUT2D eigenvalue weighted by molar-refractivity contribution is 0.0951. The van der Waals surface area contributed by atoms with E-state index < -0.39 is 10.0 Å². The second-order valence-electron chi connectivity index (χ2n) is 6.97. The number of sulfonamides is 1. The zero-order valence-corrected chi connectivity index (χ0v) is 18.7. The predicted molar refractivity (Wildman–Crippen MR) is 123 cm³/mol. The Kier molecular flexibility index (Phi) is 7.67. The van der Waals surface area contributed by atoms with Crippen molar-refractivity contribution >= 4 is 21.6 Å². The second-order valence-corrected chi connectivity index (χ2v) is 8.81. The van der Waals surface area contributed by atoms with Gasteiger partial charge in [-0.1, -0.05) is 25.1 Å². The first-order valence-electron chi connectivity index (χ1n) is 10.0. The van der Waals surface area contributed by atoms with Crippen LogP contribution in [0.25, 0.3) is 0 Å². The first-order valence-corrected chi connectivity index (χ1v) is 11.7. The molecule has 0 spiro atoms. The van der Waals surface area contributed by atoms with Gasteiger partial charge in [-0.15, -0.1) is 0 Å². The van der Waals surface area contributed by atoms with Crippen LogP contribution in [0.15, 0.2) is 66.9 Å². The van der Waals surface area contributed by atoms with Gasteiger partial charge in [0.2, 0.25) is 15.9 Å². The molecule has 0 aliphatic heterocycles. The van der Waals surface area contributed by atoms with E-state index in [1.807, 2.05) is 12.1 Å². The lowest BCUT2D eigenvalue weighted by Crippen LogP contribution is -2.23. The van der Waals surface area contributed by atoms with Crippen LogP contribution in [0.5, 0.6) is 17.4 Å². The molecule has 3 aromatic rings. The van der Waals surface area contributed by atoms with Gasteiger partial charge in [-0.2, -0.15) is 0 Å². The van der Waals surface area contributed by atoms with Gasteiger partial charge in [-0.25, -0.2) is 13.4 Å². The smallest absolute Gasteiger partial charge is 0.251 e. The summed E-state index contributed by atoms with van der Waals surface area (Å²) in [6, 6.07) is 17.1. The zero-order valence-electron chi connectivity index (χ0n) is 17.9. The summed E-state index contributed by atoms with van der Waals surface area (Å²) in [7, 11) is -1.84. The fraction of sp³-hybridized carbons (Fsp3) is 0.217. The highest BCUT2D eigenvalue weighted by Gasteiger charge is 2.11. The lowest BCUT2D eigenvalue weighted by Gasteiger charge is -2.10. The topological polar surface area (TPSA) is 107 Å². The van der Waals surface area contributed by atoms with Crippen LogP contribution in [0.2, 0.25) is 0 Å². The number of hydrogen-bond acceptors (Lipinski definition) is 6. The van der Waals surface area contributed by atoms with Crippen molar-refractivity contribution in [2.24, 2.45) is 0 Å². The Bertz CT molecular complexity index is 1160. The number of nitrogens with zero attached hydrogens (tertiary/aromatic N) is 1. The van der Waals surface area contributed by atoms with Crippen molar-refractivity contribution in [1.82, 2.24) is 10.3 Å². The van der Waals surface area contributed by atoms with Crippen molar-refractivity contribution in [1.29, 1.82) is 0 Å². The third-order valence-electron chi connectivity index (χ3n) is 4.39. The molecule has 1 amide bonds. The fourth-order valence-electron chi connectivity index (χ4n) is 2.87. The number of hydrogen-bond donors (Lipinski definition) is 2. The van der Waals surface area contributed by atoms with E-state index in [9.17, 15) is 13.2 Å². The number of carbonyl (C=O) groups is 1. The Labute approximate surface area is 187 Å². The number of pyridine rings is 1. The molecular weight excluding hydrogens is 430 g/mol. The molecule has 2 N–H and O–H groups in total. The maximum atomic E-state index is 12.5. The summed E-state index contributed by atoms with van der Waals surface area (Å²) < 4.78 is 37.2. The molecule has 9 heteroatoms. The van der Waals surface area contributed by atoms with Crippen molar-refractivity contribution in [2.45, 2.75) is 19.9 Å². The minimum Gasteiger partial charge on any atom is -0.497 e. The van der Waals surface area contributed by atoms with Gasteiger partial charge < -0.3 is 14.8 Å². The average Bonchev–Trinajstić information content (AvgIpc) is 2.78. The van der Waals surface area contributed by atoms with E-state index in [1.54, 1.807) is 62.7 Å². The number of methoxy groups -OCH3 is 1. The highest BCUT2D eigenvalue weighted by molar-refractivity contribution is 7.92. The van der Waals surface area contributed by atoms with Gasteiger partial charge >= 0.3 is 0 Å². The van der Waals surface area contributed by atoms with Crippen molar-refractivity contribution in [3.63, 3.8) is 0 Å². The largest absolute Gasteiger partial charge is 0.497 e. The first-order chi connectivity index (χ1) is 15.4. The molecule has 1 heterocycles. The van der Waals surface area contributed by atoms with Crippen LogP contribution in [0.1, 0.15) is 29.3 Å². The van der Waals surface area contributed by atoms with Gasteiger partial charge in [0, 0.05) is 36.1 Å². The molecular formula is C23H25N3O5S. The molecule has 2 aromatic carbocycles. The monoisotopic (exact) mass is 455 g/mol. The summed E-state index contributed by atoms with van der Waals surface area (Å²) in [4.78, 5) is 16.7. The fourth-order valence-corrected chi connectivity index (χ4v) is 3.99.